The van der Waals surface area contributed by atoms with E-state index in [1.54, 1.807) is 35.1 Å². The quantitative estimate of drug-likeness (QED) is 0.201. The van der Waals surface area contributed by atoms with Gasteiger partial charge in [-0.1, -0.05) is 29.5 Å². The second-order valence-electron chi connectivity index (χ2n) is 9.89. The maximum atomic E-state index is 13.1. The zero-order valence-electron chi connectivity index (χ0n) is 21.8. The molecular weight excluding hydrogens is 538 g/mol. The van der Waals surface area contributed by atoms with Crippen molar-refractivity contribution in [2.45, 2.75) is 62.6 Å². The summed E-state index contributed by atoms with van der Waals surface area (Å²) < 4.78 is 7.39. The molecule has 40 heavy (non-hydrogen) atoms. The van der Waals surface area contributed by atoms with Gasteiger partial charge in [-0.05, 0) is 36.1 Å². The molecule has 12 nitrogen and oxygen atoms in total. The first-order valence-electron chi connectivity index (χ1n) is 13.1. The Kier molecular flexibility index (Phi) is 8.47. The van der Waals surface area contributed by atoms with Crippen molar-refractivity contribution < 1.29 is 34.4 Å². The number of nitrogens with zero attached hydrogens (tertiary/aromatic N) is 4. The summed E-state index contributed by atoms with van der Waals surface area (Å²) in [6, 6.07) is 10.0. The number of aliphatic hydroxyl groups is 3. The Morgan fingerprint density at radius 3 is 2.42 bits per heavy atom. The van der Waals surface area contributed by atoms with E-state index >= 15 is 0 Å². The lowest BCUT2D eigenvalue weighted by molar-refractivity contribution is -0.173. The summed E-state index contributed by atoms with van der Waals surface area (Å²) in [5, 5.41) is 42.5. The van der Waals surface area contributed by atoms with Gasteiger partial charge in [-0.3, -0.25) is 24.0 Å². The third-order valence-corrected chi connectivity index (χ3v) is 8.33. The standard InChI is InChI=1S/C27H31N5O7S/c1-15(34)28-22-24(36)23(35)20(14-33)39-27(22)40-11-3-2-10-31-12-17(29-30-31)13-32-25(37)18-8-4-6-16-7-5-9-19(21(16)18)26(32)38/h4-9,12,20,22-24,27,33,35-36H,2-3,10-11,13-14H2,1H3,(H,28,34)/t20-,22-,23-,24-,27+/m1/s1. The molecule has 5 rings (SSSR count). The van der Waals surface area contributed by atoms with Gasteiger partial charge in [-0.25, -0.2) is 0 Å². The zero-order chi connectivity index (χ0) is 28.4. The van der Waals surface area contributed by atoms with Gasteiger partial charge >= 0.3 is 0 Å². The number of carbonyl (C=O) groups excluding carboxylic acids is 3. The molecule has 2 aliphatic heterocycles. The SMILES string of the molecule is CC(=O)N[C@@H]1[C@@H](O)[C@H](O)[C@@H](CO)O[C@H]1SCCCCn1cc(CN2C(=O)c3cccc4cccc(c34)C2=O)nn1. The lowest BCUT2D eigenvalue weighted by atomic mass is 9.94. The van der Waals surface area contributed by atoms with Crippen LogP contribution in [0.15, 0.2) is 42.6 Å². The van der Waals surface area contributed by atoms with Crippen LogP contribution in [0.2, 0.25) is 0 Å². The van der Waals surface area contributed by atoms with Gasteiger partial charge in [0.1, 0.15) is 29.4 Å². The van der Waals surface area contributed by atoms with Crippen LogP contribution < -0.4 is 5.32 Å². The highest BCUT2D eigenvalue weighted by Gasteiger charge is 2.44. The van der Waals surface area contributed by atoms with E-state index < -0.39 is 36.4 Å². The third kappa shape index (κ3) is 5.60. The summed E-state index contributed by atoms with van der Waals surface area (Å²) in [6.07, 6.45) is -0.307. The summed E-state index contributed by atoms with van der Waals surface area (Å²) in [7, 11) is 0. The second-order valence-corrected chi connectivity index (χ2v) is 11.1. The highest BCUT2D eigenvalue weighted by molar-refractivity contribution is 7.99. The zero-order valence-corrected chi connectivity index (χ0v) is 22.7. The van der Waals surface area contributed by atoms with Crippen molar-refractivity contribution in [3.8, 4) is 0 Å². The van der Waals surface area contributed by atoms with Crippen LogP contribution in [0.25, 0.3) is 10.8 Å². The molecule has 0 aliphatic carbocycles. The van der Waals surface area contributed by atoms with Gasteiger partial charge in [-0.15, -0.1) is 16.9 Å². The third-order valence-electron chi connectivity index (χ3n) is 7.08. The minimum Gasteiger partial charge on any atom is -0.394 e. The van der Waals surface area contributed by atoms with Crippen LogP contribution >= 0.6 is 11.8 Å². The normalized spacial score (nSPS) is 24.5. The molecule has 3 amide bonds. The summed E-state index contributed by atoms with van der Waals surface area (Å²) in [4.78, 5) is 39.0. The first-order valence-corrected chi connectivity index (χ1v) is 14.1. The van der Waals surface area contributed by atoms with Crippen LogP contribution in [0.1, 0.15) is 46.2 Å². The Labute approximate surface area is 234 Å². The largest absolute Gasteiger partial charge is 0.394 e. The molecule has 0 unspecified atom stereocenters. The van der Waals surface area contributed by atoms with Crippen molar-refractivity contribution >= 4 is 40.3 Å². The van der Waals surface area contributed by atoms with Crippen molar-refractivity contribution in [3.63, 3.8) is 0 Å². The molecule has 0 radical (unpaired) electrons. The Morgan fingerprint density at radius 2 is 1.77 bits per heavy atom. The number of benzene rings is 2. The fraction of sp³-hybridized carbons (Fsp3) is 0.444. The van der Waals surface area contributed by atoms with Crippen LogP contribution in [0.3, 0.4) is 0 Å². The van der Waals surface area contributed by atoms with Gasteiger partial charge in [0.15, 0.2) is 0 Å². The molecule has 1 saturated heterocycles. The van der Waals surface area contributed by atoms with Gasteiger partial charge in [-0.2, -0.15) is 0 Å². The number of unbranched alkanes of at least 4 members (excludes halogenated alkanes) is 1. The van der Waals surface area contributed by atoms with Gasteiger partial charge in [0.2, 0.25) is 5.91 Å². The molecule has 0 saturated carbocycles. The van der Waals surface area contributed by atoms with Crippen LogP contribution in [0.4, 0.5) is 0 Å². The van der Waals surface area contributed by atoms with Crippen molar-refractivity contribution in [1.29, 1.82) is 0 Å². The molecule has 3 heterocycles. The molecule has 5 atom stereocenters. The van der Waals surface area contributed by atoms with E-state index in [9.17, 15) is 29.7 Å². The lowest BCUT2D eigenvalue weighted by Crippen LogP contribution is -2.63. The molecule has 1 aromatic heterocycles. The van der Waals surface area contributed by atoms with Crippen molar-refractivity contribution in [2.24, 2.45) is 0 Å². The fourth-order valence-corrected chi connectivity index (χ4v) is 6.36. The number of nitrogens with one attached hydrogen (secondary N) is 1. The summed E-state index contributed by atoms with van der Waals surface area (Å²) >= 11 is 1.38. The number of imide groups is 1. The van der Waals surface area contributed by atoms with E-state index in [2.05, 4.69) is 15.6 Å². The number of ether oxygens (including phenoxy) is 1. The van der Waals surface area contributed by atoms with Crippen LogP contribution in [0.5, 0.6) is 0 Å². The average Bonchev–Trinajstić information content (AvgIpc) is 3.40. The van der Waals surface area contributed by atoms with Crippen LogP contribution in [0, 0.1) is 0 Å². The predicted octanol–water partition coefficient (Wildman–Crippen LogP) is 0.685. The summed E-state index contributed by atoms with van der Waals surface area (Å²) in [5.74, 6) is -0.441. The molecular formula is C27H31N5O7S. The smallest absolute Gasteiger partial charge is 0.261 e. The summed E-state index contributed by atoms with van der Waals surface area (Å²) in [6.45, 7) is 1.44. The van der Waals surface area contributed by atoms with E-state index in [-0.39, 0.29) is 24.3 Å². The molecule has 2 aromatic carbocycles. The van der Waals surface area contributed by atoms with Gasteiger partial charge in [0, 0.05) is 30.0 Å². The number of aryl methyl sites for hydroxylation is 1. The van der Waals surface area contributed by atoms with E-state index in [1.807, 2.05) is 12.1 Å². The molecule has 2 aliphatic rings. The van der Waals surface area contributed by atoms with Crippen LogP contribution in [-0.2, 0) is 22.6 Å². The van der Waals surface area contributed by atoms with E-state index in [4.69, 9.17) is 4.74 Å². The monoisotopic (exact) mass is 569 g/mol. The molecule has 0 bridgehead atoms. The maximum Gasteiger partial charge on any atom is 0.261 e. The first-order chi connectivity index (χ1) is 19.3. The Balaban J connectivity index is 1.13. The Morgan fingerprint density at radius 1 is 1.07 bits per heavy atom. The topological polar surface area (TPSA) is 167 Å². The average molecular weight is 570 g/mol. The molecule has 13 heteroatoms. The van der Waals surface area contributed by atoms with Crippen LogP contribution in [-0.4, -0.2) is 95.1 Å². The maximum absolute atomic E-state index is 13.1. The number of amides is 3. The van der Waals surface area contributed by atoms with E-state index in [0.717, 1.165) is 18.2 Å². The van der Waals surface area contributed by atoms with Gasteiger partial charge in [0.05, 0.1) is 25.4 Å². The molecule has 1 fully saturated rings. The number of hydrogen-bond donors (Lipinski definition) is 4. The van der Waals surface area contributed by atoms with E-state index in [1.165, 1.54) is 23.6 Å². The second kappa shape index (κ2) is 12.0. The molecule has 0 spiro atoms. The molecule has 212 valence electrons. The molecule has 3 aromatic rings. The van der Waals surface area contributed by atoms with Gasteiger partial charge < -0.3 is 25.4 Å². The Bertz CT molecular complexity index is 1360. The van der Waals surface area contributed by atoms with Crippen molar-refractivity contribution in [1.82, 2.24) is 25.2 Å². The number of carbonyl (C=O) groups is 3. The number of rotatable bonds is 10. The minimum absolute atomic E-state index is 0.0159. The number of thioether (sulfide) groups is 1. The van der Waals surface area contributed by atoms with E-state index in [0.29, 0.717) is 34.5 Å². The number of aliphatic hydroxyl groups excluding tert-OH is 3. The predicted molar refractivity (Wildman–Crippen MR) is 145 cm³/mol. The minimum atomic E-state index is -1.31. The highest BCUT2D eigenvalue weighted by atomic mass is 32.2. The first kappa shape index (κ1) is 28.2. The molecule has 4 N–H and O–H groups in total. The van der Waals surface area contributed by atoms with Crippen molar-refractivity contribution in [3.05, 3.63) is 59.4 Å². The Hall–Kier alpha value is -3.36. The summed E-state index contributed by atoms with van der Waals surface area (Å²) in [5.41, 5.74) is 0.854. The van der Waals surface area contributed by atoms with Gasteiger partial charge in [0.25, 0.3) is 11.8 Å². The number of aromatic nitrogens is 3. The highest BCUT2D eigenvalue weighted by Crippen LogP contribution is 2.31. The van der Waals surface area contributed by atoms with Crippen molar-refractivity contribution in [2.75, 3.05) is 12.4 Å². The lowest BCUT2D eigenvalue weighted by Gasteiger charge is -2.42. The number of hydrogen-bond acceptors (Lipinski definition) is 10. The fourth-order valence-electron chi connectivity index (χ4n) is 5.09.